The Labute approximate surface area is 149 Å². The second-order valence-corrected chi connectivity index (χ2v) is 6.43. The number of carboxylic acids is 1. The van der Waals surface area contributed by atoms with Crippen molar-refractivity contribution in [3.05, 3.63) is 51.4 Å². The number of halogens is 1. The molecule has 0 saturated carbocycles. The predicted molar refractivity (Wildman–Crippen MR) is 93.8 cm³/mol. The van der Waals surface area contributed by atoms with Crippen LogP contribution in [-0.2, 0) is 0 Å². The van der Waals surface area contributed by atoms with Crippen LogP contribution in [0.4, 0.5) is 5.69 Å². The monoisotopic (exact) mass is 363 g/mol. The Morgan fingerprint density at radius 2 is 2.04 bits per heavy atom. The lowest BCUT2D eigenvalue weighted by Crippen LogP contribution is -2.38. The Kier molecular flexibility index (Phi) is 5.06. The highest BCUT2D eigenvalue weighted by atomic mass is 35.5. The number of carbonyl (C=O) groups is 1. The predicted octanol–water partition coefficient (Wildman–Crippen LogP) is 1.79. The number of nitrogens with zero attached hydrogens (tertiary/aromatic N) is 3. The first kappa shape index (κ1) is 17.4. The fraction of sp³-hybridized carbons (Fsp3) is 0.353. The summed E-state index contributed by atoms with van der Waals surface area (Å²) in [6, 6.07) is 5.83. The SMILES string of the molecule is O=C(O)c1ccc(-n2ncc(N3CCC[C@H](CO)C3)c(Cl)c2=O)cc1. The van der Waals surface area contributed by atoms with Gasteiger partial charge in [-0.05, 0) is 43.0 Å². The molecule has 2 N–H and O–H groups in total. The number of aromatic nitrogens is 2. The van der Waals surface area contributed by atoms with E-state index in [9.17, 15) is 14.7 Å². The molecule has 8 heteroatoms. The number of rotatable bonds is 4. The van der Waals surface area contributed by atoms with Crippen molar-refractivity contribution in [2.45, 2.75) is 12.8 Å². The largest absolute Gasteiger partial charge is 0.478 e. The zero-order chi connectivity index (χ0) is 18.0. The lowest BCUT2D eigenvalue weighted by atomic mass is 9.99. The molecule has 0 unspecified atom stereocenters. The molecule has 0 amide bonds. The van der Waals surface area contributed by atoms with Gasteiger partial charge in [-0.15, -0.1) is 0 Å². The lowest BCUT2D eigenvalue weighted by molar-refractivity contribution is 0.0697. The summed E-state index contributed by atoms with van der Waals surface area (Å²) in [6.07, 6.45) is 3.40. The summed E-state index contributed by atoms with van der Waals surface area (Å²) in [7, 11) is 0. The van der Waals surface area contributed by atoms with Crippen LogP contribution in [0.25, 0.3) is 5.69 Å². The molecule has 1 saturated heterocycles. The molecule has 1 aliphatic heterocycles. The number of anilines is 1. The summed E-state index contributed by atoms with van der Waals surface area (Å²) in [5.74, 6) is -0.875. The zero-order valence-electron chi connectivity index (χ0n) is 13.4. The van der Waals surface area contributed by atoms with Crippen LogP contribution in [0.15, 0.2) is 35.3 Å². The van der Waals surface area contributed by atoms with Gasteiger partial charge in [0, 0.05) is 19.7 Å². The van der Waals surface area contributed by atoms with Gasteiger partial charge in [0.05, 0.1) is 23.1 Å². The molecule has 1 atom stereocenters. The highest BCUT2D eigenvalue weighted by Gasteiger charge is 2.23. The summed E-state index contributed by atoms with van der Waals surface area (Å²) in [4.78, 5) is 25.5. The van der Waals surface area contributed by atoms with Crippen molar-refractivity contribution in [2.75, 3.05) is 24.6 Å². The van der Waals surface area contributed by atoms with Crippen molar-refractivity contribution in [3.63, 3.8) is 0 Å². The average Bonchev–Trinajstić information content (AvgIpc) is 2.64. The van der Waals surface area contributed by atoms with E-state index < -0.39 is 11.5 Å². The number of aliphatic hydroxyl groups is 1. The third-order valence-electron chi connectivity index (χ3n) is 4.38. The average molecular weight is 364 g/mol. The number of carboxylic acid groups (broad SMARTS) is 1. The Balaban J connectivity index is 1.92. The number of aliphatic hydroxyl groups excluding tert-OH is 1. The number of hydrogen-bond acceptors (Lipinski definition) is 5. The first-order chi connectivity index (χ1) is 12.0. The van der Waals surface area contributed by atoms with Gasteiger partial charge in [0.1, 0.15) is 5.02 Å². The van der Waals surface area contributed by atoms with Crippen molar-refractivity contribution >= 4 is 23.3 Å². The molecule has 1 aromatic heterocycles. The first-order valence-electron chi connectivity index (χ1n) is 7.98. The van der Waals surface area contributed by atoms with Crippen LogP contribution in [0.2, 0.25) is 5.02 Å². The molecule has 2 heterocycles. The molecule has 0 spiro atoms. The molecular formula is C17H18ClN3O4. The molecule has 3 rings (SSSR count). The van der Waals surface area contributed by atoms with Crippen molar-refractivity contribution in [1.82, 2.24) is 9.78 Å². The minimum Gasteiger partial charge on any atom is -0.478 e. The van der Waals surface area contributed by atoms with Gasteiger partial charge in [-0.25, -0.2) is 4.79 Å². The maximum absolute atomic E-state index is 12.6. The Morgan fingerprint density at radius 1 is 1.32 bits per heavy atom. The van der Waals surface area contributed by atoms with Gasteiger partial charge in [-0.2, -0.15) is 9.78 Å². The summed E-state index contributed by atoms with van der Waals surface area (Å²) in [5, 5.41) is 22.5. The number of hydrogen-bond donors (Lipinski definition) is 2. The van der Waals surface area contributed by atoms with Crippen LogP contribution in [0.1, 0.15) is 23.2 Å². The van der Waals surface area contributed by atoms with Gasteiger partial charge < -0.3 is 15.1 Å². The van der Waals surface area contributed by atoms with Crippen LogP contribution in [0.3, 0.4) is 0 Å². The van der Waals surface area contributed by atoms with Gasteiger partial charge in [0.25, 0.3) is 5.56 Å². The van der Waals surface area contributed by atoms with Crippen molar-refractivity contribution in [3.8, 4) is 5.69 Å². The second-order valence-electron chi connectivity index (χ2n) is 6.05. The minimum absolute atomic E-state index is 0.0656. The highest BCUT2D eigenvalue weighted by Crippen LogP contribution is 2.27. The molecule has 0 aliphatic carbocycles. The normalized spacial score (nSPS) is 17.5. The van der Waals surface area contributed by atoms with E-state index in [1.807, 2.05) is 4.90 Å². The first-order valence-corrected chi connectivity index (χ1v) is 8.36. The van der Waals surface area contributed by atoms with E-state index in [-0.39, 0.29) is 23.1 Å². The maximum Gasteiger partial charge on any atom is 0.335 e. The Morgan fingerprint density at radius 3 is 2.68 bits per heavy atom. The molecule has 0 radical (unpaired) electrons. The van der Waals surface area contributed by atoms with Crippen LogP contribution in [-0.4, -0.2) is 45.7 Å². The smallest absolute Gasteiger partial charge is 0.335 e. The topological polar surface area (TPSA) is 95.7 Å². The Bertz CT molecular complexity index is 835. The summed E-state index contributed by atoms with van der Waals surface area (Å²) < 4.78 is 1.14. The van der Waals surface area contributed by atoms with E-state index in [1.54, 1.807) is 0 Å². The van der Waals surface area contributed by atoms with E-state index in [0.29, 0.717) is 17.9 Å². The van der Waals surface area contributed by atoms with E-state index in [2.05, 4.69) is 5.10 Å². The maximum atomic E-state index is 12.6. The Hall–Kier alpha value is -2.38. The third-order valence-corrected chi connectivity index (χ3v) is 4.73. The zero-order valence-corrected chi connectivity index (χ0v) is 14.2. The fourth-order valence-electron chi connectivity index (χ4n) is 3.01. The summed E-state index contributed by atoms with van der Waals surface area (Å²) in [5.41, 5.74) is 0.662. The number of aromatic carboxylic acids is 1. The molecule has 1 aliphatic rings. The molecule has 25 heavy (non-hydrogen) atoms. The molecule has 1 aromatic carbocycles. The standard InChI is InChI=1S/C17H18ClN3O4/c18-15-14(20-7-1-2-11(9-20)10-22)8-19-21(16(15)23)13-5-3-12(4-6-13)17(24)25/h3-6,8,11,22H,1-2,7,9-10H2,(H,24,25)/t11-/m0/s1. The molecule has 132 valence electrons. The van der Waals surface area contributed by atoms with Crippen molar-refractivity contribution in [1.29, 1.82) is 0 Å². The summed E-state index contributed by atoms with van der Waals surface area (Å²) in [6.45, 7) is 1.50. The van der Waals surface area contributed by atoms with Crippen LogP contribution < -0.4 is 10.5 Å². The quantitative estimate of drug-likeness (QED) is 0.859. The minimum atomic E-state index is -1.04. The summed E-state index contributed by atoms with van der Waals surface area (Å²) >= 11 is 6.28. The molecule has 7 nitrogen and oxygen atoms in total. The van der Waals surface area contributed by atoms with Crippen LogP contribution in [0.5, 0.6) is 0 Å². The fourth-order valence-corrected chi connectivity index (χ4v) is 3.25. The molecule has 1 fully saturated rings. The van der Waals surface area contributed by atoms with E-state index >= 15 is 0 Å². The van der Waals surface area contributed by atoms with Crippen molar-refractivity contribution < 1.29 is 15.0 Å². The number of piperidine rings is 1. The van der Waals surface area contributed by atoms with Crippen molar-refractivity contribution in [2.24, 2.45) is 5.92 Å². The van der Waals surface area contributed by atoms with Gasteiger partial charge in [0.15, 0.2) is 0 Å². The van der Waals surface area contributed by atoms with Gasteiger partial charge >= 0.3 is 5.97 Å². The van der Waals surface area contributed by atoms with Gasteiger partial charge in [0.2, 0.25) is 0 Å². The van der Waals surface area contributed by atoms with Crippen LogP contribution >= 0.6 is 11.6 Å². The van der Waals surface area contributed by atoms with E-state index in [1.165, 1.54) is 30.5 Å². The van der Waals surface area contributed by atoms with E-state index in [4.69, 9.17) is 16.7 Å². The molecule has 0 bridgehead atoms. The highest BCUT2D eigenvalue weighted by molar-refractivity contribution is 6.33. The van der Waals surface area contributed by atoms with Gasteiger partial charge in [-0.1, -0.05) is 11.6 Å². The van der Waals surface area contributed by atoms with Gasteiger partial charge in [-0.3, -0.25) is 4.79 Å². The number of benzene rings is 1. The molecular weight excluding hydrogens is 346 g/mol. The molecule has 2 aromatic rings. The lowest BCUT2D eigenvalue weighted by Gasteiger charge is -2.33. The van der Waals surface area contributed by atoms with E-state index in [0.717, 1.165) is 24.1 Å². The third kappa shape index (κ3) is 3.52. The van der Waals surface area contributed by atoms with Crippen LogP contribution in [0, 0.1) is 5.92 Å². The second kappa shape index (κ2) is 7.25.